The number of methoxy groups -OCH3 is 2. The summed E-state index contributed by atoms with van der Waals surface area (Å²) >= 11 is 0. The zero-order chi connectivity index (χ0) is 30.5. The number of amides is 1. The number of carbonyl (C=O) groups is 1. The topological polar surface area (TPSA) is 105 Å². The number of aliphatic hydroxyl groups is 1. The van der Waals surface area contributed by atoms with Crippen molar-refractivity contribution in [3.63, 3.8) is 0 Å². The van der Waals surface area contributed by atoms with Crippen LogP contribution in [0.5, 0.6) is 11.5 Å². The maximum atomic E-state index is 13.5. The predicted octanol–water partition coefficient (Wildman–Crippen LogP) is 5.30. The Morgan fingerprint density at radius 2 is 1.52 bits per heavy atom. The molecular formula is C33H44N2O6S. The molecule has 0 saturated carbocycles. The summed E-state index contributed by atoms with van der Waals surface area (Å²) < 4.78 is 38.8. The zero-order valence-corrected chi connectivity index (χ0v) is 25.9. The highest BCUT2D eigenvalue weighted by Gasteiger charge is 2.31. The molecule has 0 bridgehead atoms. The summed E-state index contributed by atoms with van der Waals surface area (Å²) in [5, 5.41) is 13.1. The number of benzene rings is 3. The predicted molar refractivity (Wildman–Crippen MR) is 166 cm³/mol. The van der Waals surface area contributed by atoms with Gasteiger partial charge in [0.1, 0.15) is 11.5 Å². The molecule has 1 atom stereocenters. The molecule has 3 rings (SSSR count). The normalized spacial score (nSPS) is 12.4. The number of aryl methyl sites for hydroxylation is 1. The molecule has 0 aliphatic rings. The Labute approximate surface area is 250 Å². The van der Waals surface area contributed by atoms with Gasteiger partial charge in [-0.15, -0.1) is 0 Å². The molecule has 3 aromatic carbocycles. The minimum Gasteiger partial charge on any atom is -0.497 e. The second-order valence-electron chi connectivity index (χ2n) is 10.7. The molecule has 3 aromatic rings. The van der Waals surface area contributed by atoms with Gasteiger partial charge in [-0.1, -0.05) is 56.7 Å². The number of hydrogen-bond acceptors (Lipinski definition) is 6. The van der Waals surface area contributed by atoms with Gasteiger partial charge in [-0.2, -0.15) is 4.31 Å². The maximum absolute atomic E-state index is 13.5. The van der Waals surface area contributed by atoms with Crippen molar-refractivity contribution in [3.8, 4) is 22.6 Å². The van der Waals surface area contributed by atoms with E-state index in [4.69, 9.17) is 9.47 Å². The molecule has 0 spiro atoms. The number of ether oxygens (including phenoxy) is 2. The van der Waals surface area contributed by atoms with E-state index >= 15 is 0 Å². The number of carbonyl (C=O) groups excluding carboxylic acids is 1. The van der Waals surface area contributed by atoms with Gasteiger partial charge in [0.25, 0.3) is 0 Å². The minimum atomic E-state index is -3.81. The molecule has 9 heteroatoms. The van der Waals surface area contributed by atoms with Gasteiger partial charge in [-0.05, 0) is 78.3 Å². The monoisotopic (exact) mass is 596 g/mol. The lowest BCUT2D eigenvalue weighted by atomic mass is 9.96. The van der Waals surface area contributed by atoms with E-state index < -0.39 is 16.1 Å². The average Bonchev–Trinajstić information content (AvgIpc) is 3.01. The van der Waals surface area contributed by atoms with Crippen LogP contribution in [-0.4, -0.2) is 63.7 Å². The van der Waals surface area contributed by atoms with Crippen LogP contribution in [0.15, 0.2) is 77.7 Å². The SMILES string of the molecule is COc1ccc(-c2ccccc2CCC(=O)NCCCC[C@@H](CO)N(CC(C)C)S(=O)(=O)c2ccc(OC)cc2)cc1. The Bertz CT molecular complexity index is 1360. The first-order chi connectivity index (χ1) is 20.2. The highest BCUT2D eigenvalue weighted by molar-refractivity contribution is 7.89. The maximum Gasteiger partial charge on any atom is 0.243 e. The molecule has 228 valence electrons. The third-order valence-corrected chi connectivity index (χ3v) is 9.09. The standard InChI is InChI=1S/C33H44N2O6S/c1-25(2)23-35(42(38,39)31-19-17-30(41-4)18-20-31)28(24-36)10-7-8-22-34-33(37)21-14-26-9-5-6-11-32(26)27-12-15-29(40-3)16-13-27/h5-6,9,11-13,15-20,25,28,36H,7-8,10,14,21-24H2,1-4H3,(H,34,37)/t28-/m0/s1. The fourth-order valence-electron chi connectivity index (χ4n) is 4.87. The van der Waals surface area contributed by atoms with Gasteiger partial charge in [0.15, 0.2) is 0 Å². The number of hydrogen-bond donors (Lipinski definition) is 2. The highest BCUT2D eigenvalue weighted by atomic mass is 32.2. The summed E-state index contributed by atoms with van der Waals surface area (Å²) in [6, 6.07) is 21.7. The first-order valence-corrected chi connectivity index (χ1v) is 15.9. The van der Waals surface area contributed by atoms with Gasteiger partial charge >= 0.3 is 0 Å². The van der Waals surface area contributed by atoms with Crippen molar-refractivity contribution in [3.05, 3.63) is 78.4 Å². The van der Waals surface area contributed by atoms with E-state index in [9.17, 15) is 18.3 Å². The molecule has 0 heterocycles. The number of nitrogens with one attached hydrogen (secondary N) is 1. The molecule has 1 amide bonds. The molecule has 0 radical (unpaired) electrons. The van der Waals surface area contributed by atoms with Crippen LogP contribution in [0.3, 0.4) is 0 Å². The summed E-state index contributed by atoms with van der Waals surface area (Å²) in [5.41, 5.74) is 3.27. The molecule has 8 nitrogen and oxygen atoms in total. The van der Waals surface area contributed by atoms with Crippen LogP contribution in [0.4, 0.5) is 0 Å². The fourth-order valence-corrected chi connectivity index (χ4v) is 6.68. The van der Waals surface area contributed by atoms with Crippen LogP contribution in [0, 0.1) is 5.92 Å². The Morgan fingerprint density at radius 1 is 0.905 bits per heavy atom. The van der Waals surface area contributed by atoms with E-state index in [2.05, 4.69) is 11.4 Å². The Kier molecular flexibility index (Phi) is 12.8. The first-order valence-electron chi connectivity index (χ1n) is 14.4. The van der Waals surface area contributed by atoms with Crippen molar-refractivity contribution in [2.24, 2.45) is 5.92 Å². The number of sulfonamides is 1. The van der Waals surface area contributed by atoms with Crippen molar-refractivity contribution >= 4 is 15.9 Å². The van der Waals surface area contributed by atoms with Gasteiger partial charge in [-0.3, -0.25) is 4.79 Å². The average molecular weight is 597 g/mol. The second kappa shape index (κ2) is 16.3. The second-order valence-corrected chi connectivity index (χ2v) is 12.6. The summed E-state index contributed by atoms with van der Waals surface area (Å²) in [6.07, 6.45) is 2.83. The van der Waals surface area contributed by atoms with Crippen molar-refractivity contribution in [1.82, 2.24) is 9.62 Å². The van der Waals surface area contributed by atoms with E-state index in [0.29, 0.717) is 50.9 Å². The molecule has 0 aromatic heterocycles. The Hall–Kier alpha value is -3.40. The summed E-state index contributed by atoms with van der Waals surface area (Å²) in [6.45, 7) is 4.43. The molecule has 0 unspecified atom stereocenters. The van der Waals surface area contributed by atoms with Gasteiger partial charge in [-0.25, -0.2) is 8.42 Å². The number of rotatable bonds is 17. The first kappa shape index (κ1) is 33.1. The van der Waals surface area contributed by atoms with Gasteiger partial charge in [0, 0.05) is 25.6 Å². The lowest BCUT2D eigenvalue weighted by Crippen LogP contribution is -2.44. The van der Waals surface area contributed by atoms with E-state index in [0.717, 1.165) is 22.4 Å². The zero-order valence-electron chi connectivity index (χ0n) is 25.1. The van der Waals surface area contributed by atoms with Crippen LogP contribution < -0.4 is 14.8 Å². The largest absolute Gasteiger partial charge is 0.497 e. The molecule has 0 fully saturated rings. The number of aliphatic hydroxyl groups excluding tert-OH is 1. The third kappa shape index (κ3) is 9.31. The van der Waals surface area contributed by atoms with Crippen LogP contribution >= 0.6 is 0 Å². The molecule has 2 N–H and O–H groups in total. The van der Waals surface area contributed by atoms with Gasteiger partial charge in [0.05, 0.1) is 25.7 Å². The molecule has 0 aliphatic carbocycles. The van der Waals surface area contributed by atoms with Gasteiger partial charge in [0.2, 0.25) is 15.9 Å². The van der Waals surface area contributed by atoms with Crippen LogP contribution in [0.2, 0.25) is 0 Å². The van der Waals surface area contributed by atoms with Crippen molar-refractivity contribution in [2.75, 3.05) is 33.9 Å². The Balaban J connectivity index is 1.51. The number of nitrogens with zero attached hydrogens (tertiary/aromatic N) is 1. The van der Waals surface area contributed by atoms with Crippen LogP contribution in [0.1, 0.15) is 45.1 Å². The highest BCUT2D eigenvalue weighted by Crippen LogP contribution is 2.27. The molecule has 0 saturated heterocycles. The summed E-state index contributed by atoms with van der Waals surface area (Å²) in [7, 11) is -0.637. The van der Waals surface area contributed by atoms with E-state index in [1.807, 2.05) is 56.3 Å². The summed E-state index contributed by atoms with van der Waals surface area (Å²) in [5.74, 6) is 1.43. The number of unbranched alkanes of at least 4 members (excludes halogenated alkanes) is 1. The van der Waals surface area contributed by atoms with Crippen LogP contribution in [-0.2, 0) is 21.2 Å². The molecule has 0 aliphatic heterocycles. The van der Waals surface area contributed by atoms with Gasteiger partial charge < -0.3 is 19.9 Å². The quantitative estimate of drug-likeness (QED) is 0.205. The van der Waals surface area contributed by atoms with Crippen LogP contribution in [0.25, 0.3) is 11.1 Å². The van der Waals surface area contributed by atoms with E-state index in [1.54, 1.807) is 19.2 Å². The lowest BCUT2D eigenvalue weighted by molar-refractivity contribution is -0.121. The molecule has 42 heavy (non-hydrogen) atoms. The lowest BCUT2D eigenvalue weighted by Gasteiger charge is -2.31. The van der Waals surface area contributed by atoms with Crippen molar-refractivity contribution in [2.45, 2.75) is 56.9 Å². The fraction of sp³-hybridized carbons (Fsp3) is 0.424. The summed E-state index contributed by atoms with van der Waals surface area (Å²) in [4.78, 5) is 12.8. The van der Waals surface area contributed by atoms with E-state index in [1.165, 1.54) is 23.5 Å². The molecular weight excluding hydrogens is 552 g/mol. The Morgan fingerprint density at radius 3 is 2.12 bits per heavy atom. The smallest absolute Gasteiger partial charge is 0.243 e. The minimum absolute atomic E-state index is 0.0261. The van der Waals surface area contributed by atoms with Crippen molar-refractivity contribution < 1.29 is 27.8 Å². The van der Waals surface area contributed by atoms with E-state index in [-0.39, 0.29) is 23.3 Å². The van der Waals surface area contributed by atoms with Crippen molar-refractivity contribution in [1.29, 1.82) is 0 Å². The third-order valence-electron chi connectivity index (χ3n) is 7.16.